The van der Waals surface area contributed by atoms with Crippen LogP contribution in [0.3, 0.4) is 0 Å². The van der Waals surface area contributed by atoms with Crippen LogP contribution >= 0.6 is 27.5 Å². The highest BCUT2D eigenvalue weighted by molar-refractivity contribution is 9.10. The highest BCUT2D eigenvalue weighted by Gasteiger charge is 2.11. The smallest absolute Gasteiger partial charge is 0.0449 e. The van der Waals surface area contributed by atoms with Gasteiger partial charge in [0.2, 0.25) is 0 Å². The minimum atomic E-state index is 0.592. The molecule has 1 nitrogen and oxygen atoms in total. The van der Waals surface area contributed by atoms with Crippen LogP contribution in [0.2, 0.25) is 5.02 Å². The van der Waals surface area contributed by atoms with E-state index in [0.717, 1.165) is 34.8 Å². The summed E-state index contributed by atoms with van der Waals surface area (Å²) in [5.74, 6) is 0.731. The number of hydrogen-bond acceptors (Lipinski definition) is 1. The topological polar surface area (TPSA) is 12.0 Å². The fourth-order valence-corrected chi connectivity index (χ4v) is 2.98. The summed E-state index contributed by atoms with van der Waals surface area (Å²) in [5.41, 5.74) is 1.24. The first-order valence-electron chi connectivity index (χ1n) is 6.70. The molecule has 0 fully saturated rings. The van der Waals surface area contributed by atoms with Crippen molar-refractivity contribution < 1.29 is 0 Å². The average Bonchev–Trinajstić information content (AvgIpc) is 2.27. The zero-order valence-corrected chi connectivity index (χ0v) is 13.8. The van der Waals surface area contributed by atoms with Crippen molar-refractivity contribution in [3.63, 3.8) is 0 Å². The van der Waals surface area contributed by atoms with E-state index in [4.69, 9.17) is 11.6 Å². The van der Waals surface area contributed by atoms with Crippen molar-refractivity contribution in [3.8, 4) is 0 Å². The lowest BCUT2D eigenvalue weighted by atomic mass is 9.97. The Morgan fingerprint density at radius 1 is 1.33 bits per heavy atom. The van der Waals surface area contributed by atoms with Crippen LogP contribution in [0.15, 0.2) is 22.7 Å². The molecule has 1 aromatic carbocycles. The molecule has 18 heavy (non-hydrogen) atoms. The SMILES string of the molecule is CCNC(CCc1ccc(Br)cc1Cl)CC(C)C. The van der Waals surface area contributed by atoms with Gasteiger partial charge in [0.05, 0.1) is 0 Å². The molecule has 1 aromatic rings. The van der Waals surface area contributed by atoms with E-state index < -0.39 is 0 Å². The minimum absolute atomic E-state index is 0.592. The van der Waals surface area contributed by atoms with E-state index in [1.165, 1.54) is 12.0 Å². The van der Waals surface area contributed by atoms with Crippen molar-refractivity contribution >= 4 is 27.5 Å². The molecule has 0 aliphatic rings. The molecule has 1 unspecified atom stereocenters. The number of halogens is 2. The van der Waals surface area contributed by atoms with Crippen molar-refractivity contribution in [2.24, 2.45) is 5.92 Å². The second-order valence-electron chi connectivity index (χ2n) is 5.16. The summed E-state index contributed by atoms with van der Waals surface area (Å²) in [7, 11) is 0. The maximum atomic E-state index is 6.25. The summed E-state index contributed by atoms with van der Waals surface area (Å²) in [6.45, 7) is 7.75. The van der Waals surface area contributed by atoms with Gasteiger partial charge in [0, 0.05) is 15.5 Å². The lowest BCUT2D eigenvalue weighted by molar-refractivity contribution is 0.405. The minimum Gasteiger partial charge on any atom is -0.314 e. The molecule has 0 amide bonds. The maximum Gasteiger partial charge on any atom is 0.0449 e. The van der Waals surface area contributed by atoms with Crippen molar-refractivity contribution in [3.05, 3.63) is 33.3 Å². The first kappa shape index (κ1) is 16.0. The molecular formula is C15H23BrClN. The molecule has 1 atom stereocenters. The quantitative estimate of drug-likeness (QED) is 0.736. The van der Waals surface area contributed by atoms with E-state index in [-0.39, 0.29) is 0 Å². The van der Waals surface area contributed by atoms with Gasteiger partial charge in [-0.3, -0.25) is 0 Å². The van der Waals surface area contributed by atoms with Gasteiger partial charge in [-0.2, -0.15) is 0 Å². The summed E-state index contributed by atoms with van der Waals surface area (Å²) in [6.07, 6.45) is 3.41. The molecule has 0 aliphatic heterocycles. The third-order valence-electron chi connectivity index (χ3n) is 3.03. The number of rotatable bonds is 7. The Kier molecular flexibility index (Phi) is 7.28. The van der Waals surface area contributed by atoms with Crippen molar-refractivity contribution in [1.82, 2.24) is 5.32 Å². The fraction of sp³-hybridized carbons (Fsp3) is 0.600. The Balaban J connectivity index is 2.55. The van der Waals surface area contributed by atoms with Gasteiger partial charge in [-0.25, -0.2) is 0 Å². The number of benzene rings is 1. The summed E-state index contributed by atoms with van der Waals surface area (Å²) < 4.78 is 1.04. The van der Waals surface area contributed by atoms with Gasteiger partial charge in [-0.15, -0.1) is 0 Å². The van der Waals surface area contributed by atoms with Crippen molar-refractivity contribution in [2.75, 3.05) is 6.54 Å². The molecule has 0 radical (unpaired) electrons. The van der Waals surface area contributed by atoms with Gasteiger partial charge < -0.3 is 5.32 Å². The van der Waals surface area contributed by atoms with Gasteiger partial charge in [-0.05, 0) is 49.4 Å². The van der Waals surface area contributed by atoms with E-state index in [0.29, 0.717) is 6.04 Å². The van der Waals surface area contributed by atoms with Crippen LogP contribution in [0.1, 0.15) is 39.2 Å². The third-order valence-corrected chi connectivity index (χ3v) is 3.87. The second-order valence-corrected chi connectivity index (χ2v) is 6.48. The number of nitrogens with one attached hydrogen (secondary N) is 1. The molecule has 0 aliphatic carbocycles. The normalized spacial score (nSPS) is 13.0. The van der Waals surface area contributed by atoms with Crippen LogP contribution < -0.4 is 5.32 Å². The first-order valence-corrected chi connectivity index (χ1v) is 7.87. The van der Waals surface area contributed by atoms with Crippen molar-refractivity contribution in [1.29, 1.82) is 0 Å². The van der Waals surface area contributed by atoms with Gasteiger partial charge in [-0.1, -0.05) is 54.4 Å². The third kappa shape index (κ3) is 5.73. The molecule has 3 heteroatoms. The lowest BCUT2D eigenvalue weighted by Gasteiger charge is -2.20. The lowest BCUT2D eigenvalue weighted by Crippen LogP contribution is -2.30. The Morgan fingerprint density at radius 3 is 2.61 bits per heavy atom. The zero-order chi connectivity index (χ0) is 13.5. The van der Waals surface area contributed by atoms with Crippen LogP contribution in [0.4, 0.5) is 0 Å². The Bertz CT molecular complexity index is 366. The first-order chi connectivity index (χ1) is 8.52. The molecule has 0 aromatic heterocycles. The predicted molar refractivity (Wildman–Crippen MR) is 84.4 cm³/mol. The highest BCUT2D eigenvalue weighted by Crippen LogP contribution is 2.23. The monoisotopic (exact) mass is 331 g/mol. The average molecular weight is 333 g/mol. The summed E-state index contributed by atoms with van der Waals surface area (Å²) in [4.78, 5) is 0. The zero-order valence-electron chi connectivity index (χ0n) is 11.5. The molecule has 0 heterocycles. The Labute approximate surface area is 124 Å². The standard InChI is InChI=1S/C15H23BrClN/c1-4-18-14(9-11(2)3)8-6-12-5-7-13(16)10-15(12)17/h5,7,10-11,14,18H,4,6,8-9H2,1-3H3. The summed E-state index contributed by atoms with van der Waals surface area (Å²) >= 11 is 9.68. The van der Waals surface area contributed by atoms with Gasteiger partial charge in [0.15, 0.2) is 0 Å². The van der Waals surface area contributed by atoms with Crippen LogP contribution in [0.25, 0.3) is 0 Å². The summed E-state index contributed by atoms with van der Waals surface area (Å²) in [5, 5.41) is 4.43. The predicted octanol–water partition coefficient (Wildman–Crippen LogP) is 5.06. The van der Waals surface area contributed by atoms with E-state index in [2.05, 4.69) is 54.2 Å². The molecule has 1 rings (SSSR count). The van der Waals surface area contributed by atoms with E-state index in [1.54, 1.807) is 0 Å². The van der Waals surface area contributed by atoms with Crippen LogP contribution in [-0.4, -0.2) is 12.6 Å². The van der Waals surface area contributed by atoms with E-state index >= 15 is 0 Å². The van der Waals surface area contributed by atoms with Crippen LogP contribution in [-0.2, 0) is 6.42 Å². The fourth-order valence-electron chi connectivity index (χ4n) is 2.22. The Morgan fingerprint density at radius 2 is 2.06 bits per heavy atom. The molecule has 0 spiro atoms. The van der Waals surface area contributed by atoms with Crippen LogP contribution in [0, 0.1) is 5.92 Å². The summed E-state index contributed by atoms with van der Waals surface area (Å²) in [6, 6.07) is 6.74. The molecular weight excluding hydrogens is 310 g/mol. The largest absolute Gasteiger partial charge is 0.314 e. The molecule has 1 N–H and O–H groups in total. The maximum absolute atomic E-state index is 6.25. The highest BCUT2D eigenvalue weighted by atomic mass is 79.9. The Hall–Kier alpha value is -0.0500. The van der Waals surface area contributed by atoms with E-state index in [1.807, 2.05) is 6.07 Å². The molecule has 0 saturated carbocycles. The molecule has 0 saturated heterocycles. The van der Waals surface area contributed by atoms with Crippen LogP contribution in [0.5, 0.6) is 0 Å². The van der Waals surface area contributed by atoms with Crippen molar-refractivity contribution in [2.45, 2.75) is 46.1 Å². The molecule has 0 bridgehead atoms. The van der Waals surface area contributed by atoms with Gasteiger partial charge >= 0.3 is 0 Å². The second kappa shape index (κ2) is 8.19. The van der Waals surface area contributed by atoms with Gasteiger partial charge in [0.25, 0.3) is 0 Å². The molecule has 102 valence electrons. The van der Waals surface area contributed by atoms with Gasteiger partial charge in [0.1, 0.15) is 0 Å². The number of aryl methyl sites for hydroxylation is 1. The number of hydrogen-bond donors (Lipinski definition) is 1. The van der Waals surface area contributed by atoms with E-state index in [9.17, 15) is 0 Å².